The van der Waals surface area contributed by atoms with Crippen molar-refractivity contribution in [1.29, 1.82) is 0 Å². The average Bonchev–Trinajstić information content (AvgIpc) is 2.96. The fourth-order valence-corrected chi connectivity index (χ4v) is 4.68. The van der Waals surface area contributed by atoms with Gasteiger partial charge in [-0.1, -0.05) is 66.5 Å². The van der Waals surface area contributed by atoms with E-state index in [1.54, 1.807) is 37.3 Å². The molecule has 2 aromatic carbocycles. The Bertz CT molecular complexity index is 1670. The van der Waals surface area contributed by atoms with Crippen LogP contribution in [0.2, 0.25) is 10.0 Å². The largest absolute Gasteiger partial charge is 0.481 e. The van der Waals surface area contributed by atoms with E-state index in [2.05, 4.69) is 20.7 Å². The van der Waals surface area contributed by atoms with E-state index < -0.39 is 23.4 Å². The summed E-state index contributed by atoms with van der Waals surface area (Å²) in [5.74, 6) is -1.64. The molecule has 0 aliphatic rings. The summed E-state index contributed by atoms with van der Waals surface area (Å²) in [4.78, 5) is 40.8. The summed E-state index contributed by atoms with van der Waals surface area (Å²) < 4.78 is 6.57. The van der Waals surface area contributed by atoms with Crippen molar-refractivity contribution in [3.8, 4) is 28.3 Å². The monoisotopic (exact) mass is 595 g/mol. The maximum absolute atomic E-state index is 12.8. The fourth-order valence-electron chi connectivity index (χ4n) is 4.08. The van der Waals surface area contributed by atoms with E-state index in [4.69, 9.17) is 33.0 Å². The van der Waals surface area contributed by atoms with Crippen LogP contribution in [0.3, 0.4) is 0 Å². The van der Waals surface area contributed by atoms with Gasteiger partial charge >= 0.3 is 5.97 Å². The molecule has 0 spiro atoms. The lowest BCUT2D eigenvalue weighted by molar-refractivity contribution is -0.140. The molecule has 2 heterocycles. The van der Waals surface area contributed by atoms with E-state index in [0.29, 0.717) is 52.1 Å². The number of carboxylic acid groups (broad SMARTS) is 1. The molecule has 0 bridgehead atoms. The molecule has 2 aromatic heterocycles. The Morgan fingerprint density at radius 2 is 1.71 bits per heavy atom. The number of pyridine rings is 1. The summed E-state index contributed by atoms with van der Waals surface area (Å²) in [6, 6.07) is 15.5. The predicted octanol–water partition coefficient (Wildman–Crippen LogP) is 4.89. The van der Waals surface area contributed by atoms with Gasteiger partial charge in [0.15, 0.2) is 0 Å². The van der Waals surface area contributed by atoms with Crippen molar-refractivity contribution in [2.45, 2.75) is 13.5 Å². The standard InChI is InChI=1S/C29H27Cl2N5O5/c1-16(29(39)40)14-32-15-17-10-11-22(35-27(17)41-3)20-8-4-6-18(24(20)30)19-7-5-9-23(25(19)31)34-26(37)21-12-13-33-36(2)28(21)38/h4-13,16,32H,14-15H2,1-3H3,(H,34,37)(H,39,40)/t16-/m1/s1. The van der Waals surface area contributed by atoms with E-state index in [1.807, 2.05) is 18.2 Å². The summed E-state index contributed by atoms with van der Waals surface area (Å²) in [5.41, 5.74) is 2.84. The van der Waals surface area contributed by atoms with E-state index in [0.717, 1.165) is 10.2 Å². The highest BCUT2D eigenvalue weighted by Crippen LogP contribution is 2.41. The number of amides is 1. The summed E-state index contributed by atoms with van der Waals surface area (Å²) >= 11 is 13.6. The van der Waals surface area contributed by atoms with Gasteiger partial charge in [-0.05, 0) is 18.2 Å². The Balaban J connectivity index is 1.62. The van der Waals surface area contributed by atoms with E-state index in [-0.39, 0.29) is 10.6 Å². The topological polar surface area (TPSA) is 135 Å². The number of nitrogens with zero attached hydrogens (tertiary/aromatic N) is 3. The molecule has 4 aromatic rings. The number of benzene rings is 2. The van der Waals surface area contributed by atoms with Crippen molar-refractivity contribution in [2.24, 2.45) is 13.0 Å². The zero-order valence-corrected chi connectivity index (χ0v) is 24.0. The number of rotatable bonds is 10. The van der Waals surface area contributed by atoms with Crippen LogP contribution in [0.5, 0.6) is 5.88 Å². The Morgan fingerprint density at radius 3 is 2.41 bits per heavy atom. The third-order valence-corrected chi connectivity index (χ3v) is 7.20. The van der Waals surface area contributed by atoms with Crippen LogP contribution in [0.25, 0.3) is 22.4 Å². The Morgan fingerprint density at radius 1 is 1.02 bits per heavy atom. The number of aryl methyl sites for hydroxylation is 1. The highest BCUT2D eigenvalue weighted by molar-refractivity contribution is 6.39. The van der Waals surface area contributed by atoms with E-state index in [1.165, 1.54) is 26.4 Å². The van der Waals surface area contributed by atoms with Gasteiger partial charge < -0.3 is 20.5 Å². The highest BCUT2D eigenvalue weighted by Gasteiger charge is 2.19. The lowest BCUT2D eigenvalue weighted by atomic mass is 10.00. The maximum atomic E-state index is 12.8. The minimum Gasteiger partial charge on any atom is -0.481 e. The second-order valence-corrected chi connectivity index (χ2v) is 9.95. The van der Waals surface area contributed by atoms with Crippen LogP contribution in [-0.2, 0) is 18.4 Å². The summed E-state index contributed by atoms with van der Waals surface area (Å²) in [7, 11) is 2.97. The SMILES string of the molecule is COc1nc(-c2cccc(-c3cccc(NC(=O)c4ccnn(C)c4=O)c3Cl)c2Cl)ccc1CNC[C@@H](C)C(=O)O. The molecule has 0 aliphatic carbocycles. The molecule has 1 atom stereocenters. The molecule has 3 N–H and O–H groups in total. The number of nitrogens with one attached hydrogen (secondary N) is 2. The van der Waals surface area contributed by atoms with E-state index >= 15 is 0 Å². The molecule has 0 unspecified atom stereocenters. The minimum atomic E-state index is -0.875. The molecular formula is C29H27Cl2N5O5. The van der Waals surface area contributed by atoms with Crippen molar-refractivity contribution in [3.63, 3.8) is 0 Å². The number of anilines is 1. The molecule has 0 aliphatic heterocycles. The van der Waals surface area contributed by atoms with Gasteiger partial charge in [-0.15, -0.1) is 0 Å². The lowest BCUT2D eigenvalue weighted by Gasteiger charge is -2.15. The first-order valence-electron chi connectivity index (χ1n) is 12.5. The maximum Gasteiger partial charge on any atom is 0.307 e. The van der Waals surface area contributed by atoms with Crippen LogP contribution in [0.15, 0.2) is 65.6 Å². The van der Waals surface area contributed by atoms with E-state index in [9.17, 15) is 14.4 Å². The van der Waals surface area contributed by atoms with Crippen LogP contribution in [0.4, 0.5) is 5.69 Å². The van der Waals surface area contributed by atoms with Crippen molar-refractivity contribution >= 4 is 40.8 Å². The normalized spacial score (nSPS) is 11.6. The van der Waals surface area contributed by atoms with Crippen LogP contribution in [0.1, 0.15) is 22.8 Å². The van der Waals surface area contributed by atoms with Crippen molar-refractivity contribution in [3.05, 3.63) is 92.3 Å². The number of carboxylic acids is 1. The molecule has 0 saturated carbocycles. The third-order valence-electron chi connectivity index (χ3n) is 6.38. The van der Waals surface area contributed by atoms with Gasteiger partial charge in [-0.25, -0.2) is 9.67 Å². The molecular weight excluding hydrogens is 569 g/mol. The van der Waals surface area contributed by atoms with Gasteiger partial charge in [0.05, 0.1) is 34.5 Å². The zero-order chi connectivity index (χ0) is 29.7. The smallest absolute Gasteiger partial charge is 0.307 e. The first kappa shape index (κ1) is 29.7. The number of hydrogen-bond donors (Lipinski definition) is 3. The Hall–Kier alpha value is -4.25. The van der Waals surface area contributed by atoms with Gasteiger partial charge in [0.1, 0.15) is 5.56 Å². The summed E-state index contributed by atoms with van der Waals surface area (Å²) in [6.07, 6.45) is 1.37. The fraction of sp³-hybridized carbons (Fsp3) is 0.207. The van der Waals surface area contributed by atoms with Gasteiger partial charge in [0.25, 0.3) is 11.5 Å². The van der Waals surface area contributed by atoms with Crippen molar-refractivity contribution in [1.82, 2.24) is 20.1 Å². The number of halogens is 2. The molecule has 212 valence electrons. The second-order valence-electron chi connectivity index (χ2n) is 9.20. The third kappa shape index (κ3) is 6.57. The molecule has 4 rings (SSSR count). The zero-order valence-electron chi connectivity index (χ0n) is 22.4. The van der Waals surface area contributed by atoms with Crippen LogP contribution < -0.4 is 20.9 Å². The van der Waals surface area contributed by atoms with Crippen LogP contribution in [0, 0.1) is 5.92 Å². The number of ether oxygens (including phenoxy) is 1. The summed E-state index contributed by atoms with van der Waals surface area (Å²) in [6.45, 7) is 2.30. The quantitative estimate of drug-likeness (QED) is 0.236. The predicted molar refractivity (Wildman–Crippen MR) is 158 cm³/mol. The van der Waals surface area contributed by atoms with Gasteiger partial charge in [-0.2, -0.15) is 5.10 Å². The number of carbonyl (C=O) groups is 2. The Labute approximate surface area is 245 Å². The molecule has 0 fully saturated rings. The molecule has 10 nitrogen and oxygen atoms in total. The lowest BCUT2D eigenvalue weighted by Crippen LogP contribution is -2.28. The number of carbonyl (C=O) groups excluding carboxylic acids is 1. The molecule has 0 saturated heterocycles. The first-order valence-corrected chi connectivity index (χ1v) is 13.3. The summed E-state index contributed by atoms with van der Waals surface area (Å²) in [5, 5.41) is 19.3. The van der Waals surface area contributed by atoms with Crippen LogP contribution >= 0.6 is 23.2 Å². The van der Waals surface area contributed by atoms with Gasteiger partial charge in [-0.3, -0.25) is 14.4 Å². The second kappa shape index (κ2) is 12.9. The number of hydrogen-bond acceptors (Lipinski definition) is 7. The van der Waals surface area contributed by atoms with Gasteiger partial charge in [0, 0.05) is 48.6 Å². The van der Waals surface area contributed by atoms with Crippen molar-refractivity contribution in [2.75, 3.05) is 19.0 Å². The minimum absolute atomic E-state index is 0.0703. The van der Waals surface area contributed by atoms with Gasteiger partial charge in [0.2, 0.25) is 5.88 Å². The molecule has 12 heteroatoms. The highest BCUT2D eigenvalue weighted by atomic mass is 35.5. The molecule has 0 radical (unpaired) electrons. The first-order chi connectivity index (χ1) is 19.6. The van der Waals surface area contributed by atoms with Crippen LogP contribution in [-0.4, -0.2) is 45.4 Å². The molecule has 1 amide bonds. The number of aliphatic carboxylic acids is 1. The number of methoxy groups -OCH3 is 1. The Kier molecular flexibility index (Phi) is 9.38. The van der Waals surface area contributed by atoms with Crippen molar-refractivity contribution < 1.29 is 19.4 Å². The average molecular weight is 596 g/mol. The molecule has 41 heavy (non-hydrogen) atoms. The number of aromatic nitrogens is 3.